The van der Waals surface area contributed by atoms with Crippen LogP contribution in [0.1, 0.15) is 17.0 Å². The summed E-state index contributed by atoms with van der Waals surface area (Å²) < 4.78 is 5.09. The molecule has 0 saturated heterocycles. The second-order valence-corrected chi connectivity index (χ2v) is 7.48. The summed E-state index contributed by atoms with van der Waals surface area (Å²) in [6.45, 7) is 6.43. The summed E-state index contributed by atoms with van der Waals surface area (Å²) in [4.78, 5) is 12.5. The van der Waals surface area contributed by atoms with Crippen molar-refractivity contribution in [1.82, 2.24) is 20.5 Å². The Morgan fingerprint density at radius 3 is 2.64 bits per heavy atom. The minimum atomic E-state index is 0. The summed E-state index contributed by atoms with van der Waals surface area (Å²) in [5, 5.41) is 7.82. The Labute approximate surface area is 189 Å². The molecule has 0 saturated carbocycles. The van der Waals surface area contributed by atoms with Crippen LogP contribution in [-0.2, 0) is 11.3 Å². The topological polar surface area (TPSA) is 61.8 Å². The fraction of sp³-hybridized carbons (Fsp3) is 0.500. The number of nitrogens with one attached hydrogen (secondary N) is 2. The fourth-order valence-corrected chi connectivity index (χ4v) is 3.64. The molecule has 1 heterocycles. The predicted octanol–water partition coefficient (Wildman–Crippen LogP) is 3.37. The summed E-state index contributed by atoms with van der Waals surface area (Å²) in [5.41, 5.74) is 2.23. The highest BCUT2D eigenvalue weighted by molar-refractivity contribution is 14.0. The molecule has 0 aliphatic carbocycles. The van der Waals surface area contributed by atoms with Crippen LogP contribution < -0.4 is 10.6 Å². The molecule has 28 heavy (non-hydrogen) atoms. The van der Waals surface area contributed by atoms with Crippen molar-refractivity contribution in [1.29, 1.82) is 0 Å². The second-order valence-electron chi connectivity index (χ2n) is 6.40. The maximum Gasteiger partial charge on any atom is 0.191 e. The molecular weight excluding hydrogens is 485 g/mol. The minimum Gasteiger partial charge on any atom is -0.385 e. The third-order valence-electron chi connectivity index (χ3n) is 4.23. The summed E-state index contributed by atoms with van der Waals surface area (Å²) in [6.07, 6.45) is 1.05. The average Bonchev–Trinajstić information content (AvgIpc) is 3.06. The number of rotatable bonds is 10. The predicted molar refractivity (Wildman–Crippen MR) is 130 cm³/mol. The number of hydrogen-bond donors (Lipinski definition) is 2. The molecule has 2 rings (SSSR count). The minimum absolute atomic E-state index is 0. The Kier molecular flexibility index (Phi) is 12.3. The van der Waals surface area contributed by atoms with Crippen LogP contribution in [0.25, 0.3) is 10.6 Å². The van der Waals surface area contributed by atoms with Crippen LogP contribution in [0.3, 0.4) is 0 Å². The molecule has 0 aliphatic heterocycles. The molecule has 0 atom stereocenters. The number of benzene rings is 1. The first-order chi connectivity index (χ1) is 13.1. The van der Waals surface area contributed by atoms with Crippen LogP contribution in [-0.4, -0.2) is 63.3 Å². The number of halogens is 1. The number of aliphatic imine (C=N–C) groups is 1. The van der Waals surface area contributed by atoms with Gasteiger partial charge in [0.2, 0.25) is 0 Å². The molecule has 8 heteroatoms. The number of likely N-dealkylation sites (N-methyl/N-ethyl adjacent to an activating group) is 1. The highest BCUT2D eigenvalue weighted by Gasteiger charge is 2.10. The number of methoxy groups -OCH3 is 1. The van der Waals surface area contributed by atoms with Gasteiger partial charge in [-0.2, -0.15) is 0 Å². The molecule has 0 unspecified atom stereocenters. The van der Waals surface area contributed by atoms with Crippen molar-refractivity contribution in [3.05, 3.63) is 40.9 Å². The van der Waals surface area contributed by atoms with Crippen LogP contribution in [0.4, 0.5) is 0 Å². The molecule has 6 nitrogen and oxygen atoms in total. The van der Waals surface area contributed by atoms with Gasteiger partial charge in [-0.3, -0.25) is 4.99 Å². The van der Waals surface area contributed by atoms with E-state index in [1.807, 2.05) is 18.2 Å². The molecule has 0 radical (unpaired) electrons. The van der Waals surface area contributed by atoms with Gasteiger partial charge in [-0.1, -0.05) is 30.3 Å². The molecule has 156 valence electrons. The van der Waals surface area contributed by atoms with Crippen LogP contribution in [0, 0.1) is 6.92 Å². The lowest BCUT2D eigenvalue weighted by molar-refractivity contribution is 0.180. The van der Waals surface area contributed by atoms with Crippen LogP contribution in [0.15, 0.2) is 35.3 Å². The molecule has 2 N–H and O–H groups in total. The van der Waals surface area contributed by atoms with Gasteiger partial charge in [-0.05, 0) is 20.4 Å². The Morgan fingerprint density at radius 1 is 1.21 bits per heavy atom. The number of guanidine groups is 1. The molecule has 0 fully saturated rings. The largest absolute Gasteiger partial charge is 0.385 e. The van der Waals surface area contributed by atoms with Gasteiger partial charge in [-0.25, -0.2) is 4.98 Å². The maximum absolute atomic E-state index is 5.09. The number of aromatic nitrogens is 1. The first kappa shape index (κ1) is 24.8. The molecule has 0 bridgehead atoms. The Morgan fingerprint density at radius 2 is 1.96 bits per heavy atom. The van der Waals surface area contributed by atoms with Gasteiger partial charge >= 0.3 is 0 Å². The molecule has 1 aromatic carbocycles. The Bertz CT molecular complexity index is 708. The zero-order valence-electron chi connectivity index (χ0n) is 17.2. The van der Waals surface area contributed by atoms with Gasteiger partial charge in [0.1, 0.15) is 5.01 Å². The molecule has 2 aromatic rings. The van der Waals surface area contributed by atoms with E-state index < -0.39 is 0 Å². The van der Waals surface area contributed by atoms with E-state index in [4.69, 9.17) is 9.72 Å². The third kappa shape index (κ3) is 8.42. The molecule has 1 aromatic heterocycles. The van der Waals surface area contributed by atoms with E-state index in [1.165, 1.54) is 4.88 Å². The second kappa shape index (κ2) is 13.9. The van der Waals surface area contributed by atoms with Crippen molar-refractivity contribution in [2.45, 2.75) is 19.9 Å². The lowest BCUT2D eigenvalue weighted by atomic mass is 10.2. The molecular formula is C20H32IN5OS. The Balaban J connectivity index is 0.00000392. The van der Waals surface area contributed by atoms with E-state index >= 15 is 0 Å². The first-order valence-electron chi connectivity index (χ1n) is 9.27. The summed E-state index contributed by atoms with van der Waals surface area (Å²) in [6, 6.07) is 10.3. The van der Waals surface area contributed by atoms with Crippen molar-refractivity contribution < 1.29 is 4.74 Å². The summed E-state index contributed by atoms with van der Waals surface area (Å²) in [7, 11) is 5.66. The van der Waals surface area contributed by atoms with Gasteiger partial charge in [0.15, 0.2) is 5.96 Å². The molecule has 0 aliphatic rings. The lowest BCUT2D eigenvalue weighted by Gasteiger charge is -2.18. The van der Waals surface area contributed by atoms with Crippen LogP contribution in [0.2, 0.25) is 0 Å². The average molecular weight is 517 g/mol. The maximum atomic E-state index is 5.09. The molecule has 0 spiro atoms. The highest BCUT2D eigenvalue weighted by atomic mass is 127. The summed E-state index contributed by atoms with van der Waals surface area (Å²) in [5.74, 6) is 0.814. The standard InChI is InChI=1S/C20H31N5OS.HI/c1-16-18(27-19(24-16)17-9-6-5-7-10-17)15-23-20(21-2)22-11-13-25(3)12-8-14-26-4;/h5-7,9-10H,8,11-15H2,1-4H3,(H2,21,22,23);1H. The number of ether oxygens (including phenoxy) is 1. The zero-order valence-corrected chi connectivity index (χ0v) is 20.3. The first-order valence-corrected chi connectivity index (χ1v) is 10.1. The quantitative estimate of drug-likeness (QED) is 0.219. The van der Waals surface area contributed by atoms with Gasteiger partial charge in [0.25, 0.3) is 0 Å². The van der Waals surface area contributed by atoms with Crippen molar-refractivity contribution in [2.24, 2.45) is 4.99 Å². The van der Waals surface area contributed by atoms with E-state index in [0.29, 0.717) is 0 Å². The van der Waals surface area contributed by atoms with E-state index in [2.05, 4.69) is 46.6 Å². The van der Waals surface area contributed by atoms with Gasteiger partial charge in [0, 0.05) is 50.8 Å². The zero-order chi connectivity index (χ0) is 19.5. The third-order valence-corrected chi connectivity index (χ3v) is 5.43. The Hall–Kier alpha value is -1.23. The van der Waals surface area contributed by atoms with Crippen LogP contribution in [0.5, 0.6) is 0 Å². The van der Waals surface area contributed by atoms with Crippen molar-refractivity contribution in [3.8, 4) is 10.6 Å². The van der Waals surface area contributed by atoms with Gasteiger partial charge < -0.3 is 20.3 Å². The van der Waals surface area contributed by atoms with Crippen molar-refractivity contribution >= 4 is 41.3 Å². The number of hydrogen-bond acceptors (Lipinski definition) is 5. The van der Waals surface area contributed by atoms with E-state index in [0.717, 1.165) is 61.4 Å². The number of nitrogens with zero attached hydrogens (tertiary/aromatic N) is 3. The normalized spacial score (nSPS) is 11.4. The van der Waals surface area contributed by atoms with Gasteiger partial charge in [0.05, 0.1) is 12.2 Å². The van der Waals surface area contributed by atoms with E-state index in [9.17, 15) is 0 Å². The smallest absolute Gasteiger partial charge is 0.191 e. The number of thiazole rings is 1. The van der Waals surface area contributed by atoms with Crippen molar-refractivity contribution in [2.75, 3.05) is 47.4 Å². The SMILES string of the molecule is CN=C(NCCN(C)CCCOC)NCc1sc(-c2ccccc2)nc1C.I. The number of aryl methyl sites for hydroxylation is 1. The fourth-order valence-electron chi connectivity index (χ4n) is 2.64. The summed E-state index contributed by atoms with van der Waals surface area (Å²) >= 11 is 1.73. The lowest BCUT2D eigenvalue weighted by Crippen LogP contribution is -2.40. The highest BCUT2D eigenvalue weighted by Crippen LogP contribution is 2.27. The van der Waals surface area contributed by atoms with E-state index in [-0.39, 0.29) is 24.0 Å². The monoisotopic (exact) mass is 517 g/mol. The van der Waals surface area contributed by atoms with Crippen LogP contribution >= 0.6 is 35.3 Å². The van der Waals surface area contributed by atoms with E-state index in [1.54, 1.807) is 25.5 Å². The van der Waals surface area contributed by atoms with Gasteiger partial charge in [-0.15, -0.1) is 35.3 Å². The molecule has 0 amide bonds. The van der Waals surface area contributed by atoms with Crippen molar-refractivity contribution in [3.63, 3.8) is 0 Å².